The van der Waals surface area contributed by atoms with Gasteiger partial charge in [0.05, 0.1) is 0 Å². The Morgan fingerprint density at radius 2 is 2.08 bits per heavy atom. The molecule has 0 radical (unpaired) electrons. The molecule has 24 heavy (non-hydrogen) atoms. The van der Waals surface area contributed by atoms with Gasteiger partial charge in [0.15, 0.2) is 0 Å². The summed E-state index contributed by atoms with van der Waals surface area (Å²) in [5.41, 5.74) is 3.28. The first-order valence-electron chi connectivity index (χ1n) is 7.62. The number of nitrogens with one attached hydrogen (secondary N) is 1. The highest BCUT2D eigenvalue weighted by Gasteiger charge is 2.28. The number of rotatable bonds is 4. The van der Waals surface area contributed by atoms with Crippen molar-refractivity contribution >= 4 is 22.4 Å². The summed E-state index contributed by atoms with van der Waals surface area (Å²) in [6.07, 6.45) is 0.138. The van der Waals surface area contributed by atoms with Crippen molar-refractivity contribution < 1.29 is 22.7 Å². The van der Waals surface area contributed by atoms with Crippen molar-refractivity contribution in [2.45, 2.75) is 12.6 Å². The zero-order valence-corrected chi connectivity index (χ0v) is 12.9. The number of halogens is 3. The molecule has 0 spiro atoms. The van der Waals surface area contributed by atoms with Gasteiger partial charge >= 0.3 is 6.18 Å². The number of carbonyl (C=O) groups is 1. The smallest absolute Gasteiger partial charge is 0.362 e. The van der Waals surface area contributed by atoms with Crippen LogP contribution in [0.2, 0.25) is 0 Å². The molecule has 0 atom stereocenters. The number of fused-ring (bicyclic) bond motifs is 1. The number of aromatic amines is 1. The van der Waals surface area contributed by atoms with E-state index in [2.05, 4.69) is 9.72 Å². The first-order valence-corrected chi connectivity index (χ1v) is 7.62. The molecule has 1 aliphatic heterocycles. The van der Waals surface area contributed by atoms with Crippen molar-refractivity contribution in [2.24, 2.45) is 0 Å². The van der Waals surface area contributed by atoms with Gasteiger partial charge in [-0.1, -0.05) is 24.3 Å². The summed E-state index contributed by atoms with van der Waals surface area (Å²) in [5.74, 6) is -0.423. The molecule has 0 saturated heterocycles. The number of nitrogens with zero attached hydrogens (tertiary/aromatic N) is 1. The van der Waals surface area contributed by atoms with Crippen molar-refractivity contribution in [3.63, 3.8) is 0 Å². The Balaban J connectivity index is 1.61. The van der Waals surface area contributed by atoms with E-state index in [-0.39, 0.29) is 0 Å². The molecule has 0 unspecified atom stereocenters. The number of benzene rings is 1. The third-order valence-electron chi connectivity index (χ3n) is 3.99. The van der Waals surface area contributed by atoms with Crippen LogP contribution in [0.25, 0.3) is 16.5 Å². The Morgan fingerprint density at radius 1 is 1.29 bits per heavy atom. The molecule has 1 aliphatic rings. The third-order valence-corrected chi connectivity index (χ3v) is 3.99. The quantitative estimate of drug-likeness (QED) is 0.929. The maximum atomic E-state index is 12.0. The van der Waals surface area contributed by atoms with Gasteiger partial charge < -0.3 is 14.6 Å². The number of ether oxygens (including phenoxy) is 1. The molecule has 1 N–H and O–H groups in total. The van der Waals surface area contributed by atoms with E-state index >= 15 is 0 Å². The largest absolute Gasteiger partial charge is 0.411 e. The Kier molecular flexibility index (Phi) is 4.62. The minimum Gasteiger partial charge on any atom is -0.362 e. The Morgan fingerprint density at radius 3 is 2.79 bits per heavy atom. The number of amides is 1. The second-order valence-corrected chi connectivity index (χ2v) is 5.68. The number of para-hydroxylation sites is 1. The Hall–Kier alpha value is -2.28. The predicted molar refractivity (Wildman–Crippen MR) is 84.3 cm³/mol. The summed E-state index contributed by atoms with van der Waals surface area (Å²) >= 11 is 0. The molecule has 1 aromatic heterocycles. The second-order valence-electron chi connectivity index (χ2n) is 5.68. The topological polar surface area (TPSA) is 45.3 Å². The summed E-state index contributed by atoms with van der Waals surface area (Å²) in [6, 6.07) is 7.96. The van der Waals surface area contributed by atoms with Gasteiger partial charge in [0, 0.05) is 35.8 Å². The van der Waals surface area contributed by atoms with Crippen LogP contribution in [0.4, 0.5) is 13.2 Å². The van der Waals surface area contributed by atoms with Crippen LogP contribution in [0.15, 0.2) is 36.5 Å². The van der Waals surface area contributed by atoms with E-state index in [1.54, 1.807) is 0 Å². The average molecular weight is 338 g/mol. The van der Waals surface area contributed by atoms with E-state index in [9.17, 15) is 18.0 Å². The SMILES string of the molecule is O=C(COCC(F)(F)F)N1CC=C(c2c[nH]c3ccccc23)CC1. The fourth-order valence-corrected chi connectivity index (χ4v) is 2.82. The van der Waals surface area contributed by atoms with Crippen LogP contribution in [0.1, 0.15) is 12.0 Å². The van der Waals surface area contributed by atoms with Crippen molar-refractivity contribution in [1.29, 1.82) is 0 Å². The molecule has 0 bridgehead atoms. The number of H-pyrrole nitrogens is 1. The van der Waals surface area contributed by atoms with Gasteiger partial charge in [0.25, 0.3) is 0 Å². The van der Waals surface area contributed by atoms with Gasteiger partial charge in [0.1, 0.15) is 13.2 Å². The predicted octanol–water partition coefficient (Wildman–Crippen LogP) is 3.36. The lowest BCUT2D eigenvalue weighted by Gasteiger charge is -2.26. The van der Waals surface area contributed by atoms with Gasteiger partial charge in [0.2, 0.25) is 5.91 Å². The highest BCUT2D eigenvalue weighted by Crippen LogP contribution is 2.29. The molecule has 3 rings (SSSR count). The molecular weight excluding hydrogens is 321 g/mol. The minimum absolute atomic E-state index is 0.378. The van der Waals surface area contributed by atoms with Crippen molar-refractivity contribution in [3.8, 4) is 0 Å². The minimum atomic E-state index is -4.41. The molecular formula is C17H17F3N2O2. The number of hydrogen-bond donors (Lipinski definition) is 1. The molecule has 1 amide bonds. The summed E-state index contributed by atoms with van der Waals surface area (Å²) in [5, 5.41) is 1.12. The van der Waals surface area contributed by atoms with Gasteiger partial charge in [-0.3, -0.25) is 4.79 Å². The van der Waals surface area contributed by atoms with Gasteiger partial charge in [-0.05, 0) is 18.1 Å². The van der Waals surface area contributed by atoms with Crippen LogP contribution in [-0.4, -0.2) is 48.3 Å². The van der Waals surface area contributed by atoms with Gasteiger partial charge in [-0.15, -0.1) is 0 Å². The Labute approximate surface area is 136 Å². The fraction of sp³-hybridized carbons (Fsp3) is 0.353. The van der Waals surface area contributed by atoms with E-state index in [1.807, 2.05) is 36.5 Å². The summed E-state index contributed by atoms with van der Waals surface area (Å²) in [4.78, 5) is 16.6. The van der Waals surface area contributed by atoms with E-state index in [0.717, 1.165) is 22.0 Å². The van der Waals surface area contributed by atoms with Gasteiger partial charge in [-0.2, -0.15) is 13.2 Å². The van der Waals surface area contributed by atoms with E-state index in [4.69, 9.17) is 0 Å². The standard InChI is InChI=1S/C17H17F3N2O2/c18-17(19,20)11-24-10-16(23)22-7-5-12(6-8-22)14-9-21-15-4-2-1-3-13(14)15/h1-5,9,21H,6-8,10-11H2. The first-order chi connectivity index (χ1) is 11.4. The molecule has 0 fully saturated rings. The molecule has 128 valence electrons. The monoisotopic (exact) mass is 338 g/mol. The number of aromatic nitrogens is 1. The maximum Gasteiger partial charge on any atom is 0.411 e. The molecule has 0 aliphatic carbocycles. The first kappa shape index (κ1) is 16.6. The van der Waals surface area contributed by atoms with Crippen LogP contribution >= 0.6 is 0 Å². The normalized spacial score (nSPS) is 15.6. The molecule has 0 saturated carbocycles. The Bertz CT molecular complexity index is 765. The zero-order chi connectivity index (χ0) is 17.2. The summed E-state index contributed by atoms with van der Waals surface area (Å²) in [6.45, 7) is -1.10. The van der Waals surface area contributed by atoms with Gasteiger partial charge in [-0.25, -0.2) is 0 Å². The molecule has 7 heteroatoms. The van der Waals surface area contributed by atoms with Crippen molar-refractivity contribution in [1.82, 2.24) is 9.88 Å². The maximum absolute atomic E-state index is 12.0. The van der Waals surface area contributed by atoms with E-state index < -0.39 is 25.3 Å². The lowest BCUT2D eigenvalue weighted by atomic mass is 9.99. The average Bonchev–Trinajstić information content (AvgIpc) is 2.98. The van der Waals surface area contributed by atoms with Crippen LogP contribution in [0.5, 0.6) is 0 Å². The number of carbonyl (C=O) groups excluding carboxylic acids is 1. The summed E-state index contributed by atoms with van der Waals surface area (Å²) < 4.78 is 40.5. The lowest BCUT2D eigenvalue weighted by Crippen LogP contribution is -2.37. The molecule has 1 aromatic carbocycles. The molecule has 2 aromatic rings. The van der Waals surface area contributed by atoms with E-state index in [0.29, 0.717) is 19.5 Å². The van der Waals surface area contributed by atoms with Crippen LogP contribution in [-0.2, 0) is 9.53 Å². The van der Waals surface area contributed by atoms with Crippen LogP contribution in [0, 0.1) is 0 Å². The lowest BCUT2D eigenvalue weighted by molar-refractivity contribution is -0.177. The second kappa shape index (κ2) is 6.68. The van der Waals surface area contributed by atoms with Crippen LogP contribution in [0.3, 0.4) is 0 Å². The van der Waals surface area contributed by atoms with Crippen LogP contribution < -0.4 is 0 Å². The highest BCUT2D eigenvalue weighted by atomic mass is 19.4. The molecule has 4 nitrogen and oxygen atoms in total. The number of alkyl halides is 3. The fourth-order valence-electron chi connectivity index (χ4n) is 2.82. The van der Waals surface area contributed by atoms with Crippen molar-refractivity contribution in [2.75, 3.05) is 26.3 Å². The highest BCUT2D eigenvalue weighted by molar-refractivity contribution is 5.93. The summed E-state index contributed by atoms with van der Waals surface area (Å²) in [7, 11) is 0. The molecule has 2 heterocycles. The third kappa shape index (κ3) is 3.79. The number of hydrogen-bond acceptors (Lipinski definition) is 2. The van der Waals surface area contributed by atoms with E-state index in [1.165, 1.54) is 4.90 Å². The zero-order valence-electron chi connectivity index (χ0n) is 12.9. The van der Waals surface area contributed by atoms with Crippen molar-refractivity contribution in [3.05, 3.63) is 42.1 Å².